The fourth-order valence-electron chi connectivity index (χ4n) is 3.14. The maximum absolute atomic E-state index is 11.7. The fourth-order valence-corrected chi connectivity index (χ4v) is 3.14. The summed E-state index contributed by atoms with van der Waals surface area (Å²) in [5.41, 5.74) is 0.792. The Balaban J connectivity index is 1.54. The summed E-state index contributed by atoms with van der Waals surface area (Å²) in [5.74, 6) is 1.41. The third kappa shape index (κ3) is 2.28. The molecule has 0 unspecified atom stereocenters. The number of nitrogens with one attached hydrogen (secondary N) is 1. The van der Waals surface area contributed by atoms with E-state index in [1.54, 1.807) is 0 Å². The second kappa shape index (κ2) is 4.40. The lowest BCUT2D eigenvalue weighted by Crippen LogP contribution is -2.26. The standard InChI is InChI=1S/C14H17NO2/c16-14(15-12-4-2-1-3-5-12)17-13-9-10-6-7-11(13)8-10/h1-5,10-11,13H,6-9H2,(H,15,16)/t10-,11+,13+/m0/s1. The Labute approximate surface area is 101 Å². The average molecular weight is 231 g/mol. The second-order valence-electron chi connectivity index (χ2n) is 5.11. The number of benzene rings is 1. The Bertz CT molecular complexity index is 404. The first-order chi connectivity index (χ1) is 8.31. The van der Waals surface area contributed by atoms with E-state index < -0.39 is 0 Å². The molecule has 0 aliphatic heterocycles. The number of para-hydroxylation sites is 1. The van der Waals surface area contributed by atoms with Gasteiger partial charge in [0.05, 0.1) is 0 Å². The van der Waals surface area contributed by atoms with Crippen LogP contribution in [-0.2, 0) is 4.74 Å². The maximum Gasteiger partial charge on any atom is 0.411 e. The van der Waals surface area contributed by atoms with Crippen molar-refractivity contribution in [2.75, 3.05) is 5.32 Å². The Morgan fingerprint density at radius 2 is 2.00 bits per heavy atom. The summed E-state index contributed by atoms with van der Waals surface area (Å²) in [6, 6.07) is 9.44. The maximum atomic E-state index is 11.7. The van der Waals surface area contributed by atoms with Crippen molar-refractivity contribution in [2.24, 2.45) is 11.8 Å². The Hall–Kier alpha value is -1.51. The van der Waals surface area contributed by atoms with Crippen LogP contribution in [-0.4, -0.2) is 12.2 Å². The molecule has 0 radical (unpaired) electrons. The van der Waals surface area contributed by atoms with Crippen molar-refractivity contribution < 1.29 is 9.53 Å². The predicted molar refractivity (Wildman–Crippen MR) is 65.8 cm³/mol. The van der Waals surface area contributed by atoms with Crippen LogP contribution < -0.4 is 5.32 Å². The zero-order valence-electron chi connectivity index (χ0n) is 9.76. The highest BCUT2D eigenvalue weighted by atomic mass is 16.6. The number of carbonyl (C=O) groups is 1. The number of hydrogen-bond acceptors (Lipinski definition) is 2. The summed E-state index contributed by atoms with van der Waals surface area (Å²) >= 11 is 0. The molecule has 1 aromatic rings. The molecule has 2 saturated carbocycles. The van der Waals surface area contributed by atoms with Gasteiger partial charge in [-0.1, -0.05) is 18.2 Å². The average Bonchev–Trinajstić information content (AvgIpc) is 2.92. The summed E-state index contributed by atoms with van der Waals surface area (Å²) in [7, 11) is 0. The fraction of sp³-hybridized carbons (Fsp3) is 0.500. The lowest BCUT2D eigenvalue weighted by molar-refractivity contribution is 0.0755. The second-order valence-corrected chi connectivity index (χ2v) is 5.11. The van der Waals surface area contributed by atoms with Crippen LogP contribution in [0.25, 0.3) is 0 Å². The van der Waals surface area contributed by atoms with Gasteiger partial charge in [0.2, 0.25) is 0 Å². The molecule has 0 spiro atoms. The van der Waals surface area contributed by atoms with E-state index in [-0.39, 0.29) is 12.2 Å². The SMILES string of the molecule is O=C(Nc1ccccc1)O[C@@H]1C[C@H]2CC[C@@H]1C2. The van der Waals surface area contributed by atoms with Crippen molar-refractivity contribution in [2.45, 2.75) is 31.8 Å². The van der Waals surface area contributed by atoms with E-state index in [1.807, 2.05) is 30.3 Å². The minimum atomic E-state index is -0.311. The van der Waals surface area contributed by atoms with Crippen LogP contribution in [0, 0.1) is 11.8 Å². The normalized spacial score (nSPS) is 30.2. The Morgan fingerprint density at radius 3 is 2.65 bits per heavy atom. The quantitative estimate of drug-likeness (QED) is 0.846. The van der Waals surface area contributed by atoms with Crippen molar-refractivity contribution in [3.8, 4) is 0 Å². The van der Waals surface area contributed by atoms with Gasteiger partial charge in [-0.3, -0.25) is 5.32 Å². The molecule has 3 atom stereocenters. The highest BCUT2D eigenvalue weighted by Gasteiger charge is 2.41. The smallest absolute Gasteiger partial charge is 0.411 e. The van der Waals surface area contributed by atoms with Crippen LogP contribution in [0.15, 0.2) is 30.3 Å². The van der Waals surface area contributed by atoms with Crippen LogP contribution in [0.1, 0.15) is 25.7 Å². The first-order valence-electron chi connectivity index (χ1n) is 6.34. The van der Waals surface area contributed by atoms with Crippen LogP contribution >= 0.6 is 0 Å². The number of ether oxygens (including phenoxy) is 1. The summed E-state index contributed by atoms with van der Waals surface area (Å²) in [6.45, 7) is 0. The van der Waals surface area contributed by atoms with Gasteiger partial charge >= 0.3 is 6.09 Å². The number of amides is 1. The van der Waals surface area contributed by atoms with Gasteiger partial charge < -0.3 is 4.74 Å². The van der Waals surface area contributed by atoms with Gasteiger partial charge in [-0.2, -0.15) is 0 Å². The molecule has 2 fully saturated rings. The minimum Gasteiger partial charge on any atom is -0.446 e. The van der Waals surface area contributed by atoms with Gasteiger partial charge in [-0.05, 0) is 49.7 Å². The van der Waals surface area contributed by atoms with Crippen molar-refractivity contribution >= 4 is 11.8 Å². The largest absolute Gasteiger partial charge is 0.446 e. The van der Waals surface area contributed by atoms with E-state index in [2.05, 4.69) is 5.32 Å². The van der Waals surface area contributed by atoms with Crippen LogP contribution in [0.2, 0.25) is 0 Å². The molecule has 1 N–H and O–H groups in total. The molecule has 3 rings (SSSR count). The lowest BCUT2D eigenvalue weighted by Gasteiger charge is -2.21. The molecule has 2 aliphatic carbocycles. The monoisotopic (exact) mass is 231 g/mol. The third-order valence-electron chi connectivity index (χ3n) is 3.95. The molecule has 17 heavy (non-hydrogen) atoms. The topological polar surface area (TPSA) is 38.3 Å². The molecule has 0 aromatic heterocycles. The molecule has 0 saturated heterocycles. The van der Waals surface area contributed by atoms with Gasteiger partial charge in [0.15, 0.2) is 0 Å². The number of anilines is 1. The zero-order chi connectivity index (χ0) is 11.7. The van der Waals surface area contributed by atoms with E-state index in [1.165, 1.54) is 19.3 Å². The highest BCUT2D eigenvalue weighted by Crippen LogP contribution is 2.45. The zero-order valence-corrected chi connectivity index (χ0v) is 9.76. The third-order valence-corrected chi connectivity index (χ3v) is 3.95. The van der Waals surface area contributed by atoms with Gasteiger partial charge in [-0.15, -0.1) is 0 Å². The van der Waals surface area contributed by atoms with Crippen molar-refractivity contribution in [1.82, 2.24) is 0 Å². The van der Waals surface area contributed by atoms with E-state index in [4.69, 9.17) is 4.74 Å². The summed E-state index contributed by atoms with van der Waals surface area (Å²) < 4.78 is 5.50. The van der Waals surface area contributed by atoms with Crippen LogP contribution in [0.4, 0.5) is 10.5 Å². The highest BCUT2D eigenvalue weighted by molar-refractivity contribution is 5.84. The van der Waals surface area contributed by atoms with Gasteiger partial charge in [0.25, 0.3) is 0 Å². The van der Waals surface area contributed by atoms with E-state index in [0.717, 1.165) is 18.0 Å². The molecule has 1 aromatic carbocycles. The predicted octanol–water partition coefficient (Wildman–Crippen LogP) is 3.42. The molecule has 1 amide bonds. The van der Waals surface area contributed by atoms with Crippen molar-refractivity contribution in [3.05, 3.63) is 30.3 Å². The van der Waals surface area contributed by atoms with Crippen LogP contribution in [0.3, 0.4) is 0 Å². The van der Waals surface area contributed by atoms with Gasteiger partial charge in [0.1, 0.15) is 6.10 Å². The molecular formula is C14H17NO2. The number of hydrogen-bond donors (Lipinski definition) is 1. The summed E-state index contributed by atoms with van der Waals surface area (Å²) in [5, 5.41) is 2.77. The molecule has 2 aliphatic rings. The summed E-state index contributed by atoms with van der Waals surface area (Å²) in [4.78, 5) is 11.7. The Kier molecular flexibility index (Phi) is 2.75. The van der Waals surface area contributed by atoms with E-state index >= 15 is 0 Å². The molecular weight excluding hydrogens is 214 g/mol. The minimum absolute atomic E-state index is 0.150. The van der Waals surface area contributed by atoms with E-state index in [9.17, 15) is 4.79 Å². The number of rotatable bonds is 2. The molecule has 2 bridgehead atoms. The summed E-state index contributed by atoms with van der Waals surface area (Å²) in [6.07, 6.45) is 4.71. The lowest BCUT2D eigenvalue weighted by atomic mass is 9.98. The molecule has 90 valence electrons. The van der Waals surface area contributed by atoms with Crippen LogP contribution in [0.5, 0.6) is 0 Å². The van der Waals surface area contributed by atoms with Crippen molar-refractivity contribution in [1.29, 1.82) is 0 Å². The Morgan fingerprint density at radius 1 is 1.18 bits per heavy atom. The van der Waals surface area contributed by atoms with Gasteiger partial charge in [-0.25, -0.2) is 4.79 Å². The molecule has 3 nitrogen and oxygen atoms in total. The number of fused-ring (bicyclic) bond motifs is 2. The first kappa shape index (κ1) is 10.6. The van der Waals surface area contributed by atoms with Gasteiger partial charge in [0, 0.05) is 5.69 Å². The first-order valence-corrected chi connectivity index (χ1v) is 6.34. The van der Waals surface area contributed by atoms with E-state index in [0.29, 0.717) is 5.92 Å². The molecule has 3 heteroatoms. The number of carbonyl (C=O) groups excluding carboxylic acids is 1. The molecule has 0 heterocycles. The van der Waals surface area contributed by atoms with Crippen molar-refractivity contribution in [3.63, 3.8) is 0 Å².